The molecule has 0 bridgehead atoms. The van der Waals surface area contributed by atoms with Crippen molar-refractivity contribution in [1.82, 2.24) is 0 Å². The molecule has 6 nitrogen and oxygen atoms in total. The number of hydrogen-bond donors (Lipinski definition) is 0. The Labute approximate surface area is 515 Å². The van der Waals surface area contributed by atoms with Gasteiger partial charge in [0.2, 0.25) is 0 Å². The Morgan fingerprint density at radius 1 is 0.241 bits per heavy atom. The molecule has 480 valence electrons. The van der Waals surface area contributed by atoms with Crippen molar-refractivity contribution in [1.29, 1.82) is 0 Å². The largest absolute Gasteiger partial charge is 0.462 e. The zero-order chi connectivity index (χ0) is 59.9. The third kappa shape index (κ3) is 69.3. The summed E-state index contributed by atoms with van der Waals surface area (Å²) in [4.78, 5) is 38.5. The zero-order valence-electron chi connectivity index (χ0n) is 55.2. The maximum Gasteiger partial charge on any atom is 0.306 e. The molecular weight excluding hydrogens is 1020 g/mol. The number of unbranched alkanes of at least 4 members (excludes halogenated alkanes) is 41. The van der Waals surface area contributed by atoms with Crippen LogP contribution < -0.4 is 0 Å². The summed E-state index contributed by atoms with van der Waals surface area (Å²) in [5.74, 6) is -0.893. The molecule has 0 heterocycles. The van der Waals surface area contributed by atoms with Crippen LogP contribution in [0.3, 0.4) is 0 Å². The van der Waals surface area contributed by atoms with Crippen LogP contribution in [0.2, 0.25) is 0 Å². The van der Waals surface area contributed by atoms with Gasteiger partial charge in [-0.15, -0.1) is 0 Å². The van der Waals surface area contributed by atoms with Crippen molar-refractivity contribution in [2.45, 2.75) is 374 Å². The molecule has 0 aromatic heterocycles. The van der Waals surface area contributed by atoms with E-state index >= 15 is 0 Å². The molecule has 0 spiro atoms. The van der Waals surface area contributed by atoms with Gasteiger partial charge in [-0.25, -0.2) is 0 Å². The second-order valence-corrected chi connectivity index (χ2v) is 24.1. The fourth-order valence-corrected chi connectivity index (χ4v) is 10.4. The first-order valence-corrected chi connectivity index (χ1v) is 36.1. The van der Waals surface area contributed by atoms with Crippen LogP contribution in [-0.4, -0.2) is 37.2 Å². The number of rotatable bonds is 66. The van der Waals surface area contributed by atoms with Crippen LogP contribution >= 0.6 is 0 Å². The van der Waals surface area contributed by atoms with Crippen LogP contribution in [0.15, 0.2) is 85.1 Å². The van der Waals surface area contributed by atoms with E-state index in [4.69, 9.17) is 14.2 Å². The monoisotopic (exact) mass is 1160 g/mol. The first-order valence-electron chi connectivity index (χ1n) is 36.1. The lowest BCUT2D eigenvalue weighted by Gasteiger charge is -2.18. The predicted molar refractivity (Wildman–Crippen MR) is 362 cm³/mol. The van der Waals surface area contributed by atoms with Gasteiger partial charge in [0.25, 0.3) is 0 Å². The van der Waals surface area contributed by atoms with Crippen LogP contribution in [0.1, 0.15) is 367 Å². The molecular formula is C77H136O6. The molecule has 83 heavy (non-hydrogen) atoms. The lowest BCUT2D eigenvalue weighted by Crippen LogP contribution is -2.30. The van der Waals surface area contributed by atoms with Gasteiger partial charge >= 0.3 is 17.9 Å². The van der Waals surface area contributed by atoms with Gasteiger partial charge in [-0.2, -0.15) is 0 Å². The van der Waals surface area contributed by atoms with Crippen molar-refractivity contribution in [2.75, 3.05) is 13.2 Å². The molecule has 0 saturated carbocycles. The highest BCUT2D eigenvalue weighted by molar-refractivity contribution is 5.71. The number of carbonyl (C=O) groups is 3. The predicted octanol–water partition coefficient (Wildman–Crippen LogP) is 25.0. The Morgan fingerprint density at radius 3 is 0.687 bits per heavy atom. The van der Waals surface area contributed by atoms with Crippen molar-refractivity contribution >= 4 is 17.9 Å². The van der Waals surface area contributed by atoms with Crippen LogP contribution in [0.4, 0.5) is 0 Å². The normalized spacial score (nSPS) is 12.6. The van der Waals surface area contributed by atoms with Crippen molar-refractivity contribution in [3.8, 4) is 0 Å². The molecule has 1 unspecified atom stereocenters. The van der Waals surface area contributed by atoms with E-state index in [1.807, 2.05) is 0 Å². The van der Waals surface area contributed by atoms with Gasteiger partial charge in [-0.05, 0) is 122 Å². The Morgan fingerprint density at radius 2 is 0.434 bits per heavy atom. The van der Waals surface area contributed by atoms with E-state index in [9.17, 15) is 14.4 Å². The summed E-state index contributed by atoms with van der Waals surface area (Å²) in [7, 11) is 0. The second kappa shape index (κ2) is 71.1. The van der Waals surface area contributed by atoms with Gasteiger partial charge in [-0.1, -0.05) is 311 Å². The van der Waals surface area contributed by atoms with Gasteiger partial charge < -0.3 is 14.2 Å². The smallest absolute Gasteiger partial charge is 0.306 e. The first-order chi connectivity index (χ1) is 41.0. The van der Waals surface area contributed by atoms with E-state index in [0.717, 1.165) is 103 Å². The van der Waals surface area contributed by atoms with E-state index in [0.29, 0.717) is 19.3 Å². The average Bonchev–Trinajstić information content (AvgIpc) is 3.49. The maximum absolute atomic E-state index is 13.0. The summed E-state index contributed by atoms with van der Waals surface area (Å²) in [5, 5.41) is 0. The van der Waals surface area contributed by atoms with Crippen molar-refractivity contribution in [2.24, 2.45) is 0 Å². The Hall–Kier alpha value is -3.41. The summed E-state index contributed by atoms with van der Waals surface area (Å²) in [6, 6.07) is 0. The molecule has 0 saturated heterocycles. The highest BCUT2D eigenvalue weighted by atomic mass is 16.6. The summed E-state index contributed by atoms with van der Waals surface area (Å²) in [6.07, 6.45) is 94.6. The SMILES string of the molecule is CCCCCCC/C=C\C/C=C\C/C=C\CCCCCCCCC(=O)OCC(COC(=O)CCCCCCCCCCCCC/C=C\CCCCCCCCCC)OC(=O)CCCCCCCC/C=C\C/C=C\C/C=C\CCCCCCC. The highest BCUT2D eigenvalue weighted by Gasteiger charge is 2.19. The Bertz CT molecular complexity index is 1570. The molecule has 0 aliphatic carbocycles. The van der Waals surface area contributed by atoms with Gasteiger partial charge in [-0.3, -0.25) is 14.4 Å². The topological polar surface area (TPSA) is 78.9 Å². The Kier molecular flexibility index (Phi) is 68.2. The molecule has 0 N–H and O–H groups in total. The van der Waals surface area contributed by atoms with E-state index < -0.39 is 6.10 Å². The third-order valence-electron chi connectivity index (χ3n) is 15.8. The molecule has 6 heteroatoms. The van der Waals surface area contributed by atoms with Crippen molar-refractivity contribution in [3.63, 3.8) is 0 Å². The van der Waals surface area contributed by atoms with E-state index in [-0.39, 0.29) is 31.1 Å². The summed E-state index contributed by atoms with van der Waals surface area (Å²) < 4.78 is 17.0. The maximum atomic E-state index is 13.0. The minimum absolute atomic E-state index is 0.0852. The highest BCUT2D eigenvalue weighted by Crippen LogP contribution is 2.17. The van der Waals surface area contributed by atoms with Gasteiger partial charge in [0, 0.05) is 19.3 Å². The van der Waals surface area contributed by atoms with Gasteiger partial charge in [0.15, 0.2) is 6.10 Å². The molecule has 0 fully saturated rings. The van der Waals surface area contributed by atoms with Crippen molar-refractivity contribution < 1.29 is 28.6 Å². The summed E-state index contributed by atoms with van der Waals surface area (Å²) >= 11 is 0. The second-order valence-electron chi connectivity index (χ2n) is 24.1. The molecule has 0 aromatic rings. The summed E-state index contributed by atoms with van der Waals surface area (Å²) in [5.41, 5.74) is 0. The molecule has 0 aromatic carbocycles. The third-order valence-corrected chi connectivity index (χ3v) is 15.8. The zero-order valence-corrected chi connectivity index (χ0v) is 55.2. The summed E-state index contributed by atoms with van der Waals surface area (Å²) in [6.45, 7) is 6.65. The molecule has 0 radical (unpaired) electrons. The number of allylic oxidation sites excluding steroid dienone is 14. The number of ether oxygens (including phenoxy) is 3. The molecule has 0 rings (SSSR count). The molecule has 0 aliphatic heterocycles. The number of carbonyl (C=O) groups excluding carboxylic acids is 3. The molecule has 1 atom stereocenters. The van der Waals surface area contributed by atoms with Crippen LogP contribution in [0.5, 0.6) is 0 Å². The fraction of sp³-hybridized carbons (Fsp3) is 0.779. The van der Waals surface area contributed by atoms with E-state index in [1.54, 1.807) is 0 Å². The van der Waals surface area contributed by atoms with Crippen molar-refractivity contribution in [3.05, 3.63) is 85.1 Å². The standard InChI is InChI=1S/C77H136O6/c1-4-7-10-13-16-19-22-25-28-31-34-37-38-41-43-46-49-52-55-58-61-64-67-70-76(79)82-73-74(83-77(80)71-68-65-62-59-56-53-50-47-44-40-36-33-30-27-24-21-18-15-12-9-6-3)72-81-75(78)69-66-63-60-57-54-51-48-45-42-39-35-32-29-26-23-20-17-14-11-8-5-2/h23-24,26-27,31-36,42,44-45,47,74H,4-22,25,28-30,37-41,43,46,48-73H2,1-3H3/b26-23-,27-24-,34-31-,35-32-,36-33-,45-42-,47-44-. The molecule has 0 aliphatic rings. The van der Waals surface area contributed by atoms with Crippen LogP contribution in [0.25, 0.3) is 0 Å². The number of hydrogen-bond acceptors (Lipinski definition) is 6. The average molecular weight is 1160 g/mol. The van der Waals surface area contributed by atoms with Gasteiger partial charge in [0.1, 0.15) is 13.2 Å². The van der Waals surface area contributed by atoms with E-state index in [2.05, 4.69) is 106 Å². The minimum Gasteiger partial charge on any atom is -0.462 e. The minimum atomic E-state index is -0.793. The molecule has 0 amide bonds. The Balaban J connectivity index is 4.41. The lowest BCUT2D eigenvalue weighted by atomic mass is 10.0. The first kappa shape index (κ1) is 79.6. The quantitative estimate of drug-likeness (QED) is 0.0261. The fourth-order valence-electron chi connectivity index (χ4n) is 10.4. The number of esters is 3. The van der Waals surface area contributed by atoms with Gasteiger partial charge in [0.05, 0.1) is 0 Å². The lowest BCUT2D eigenvalue weighted by molar-refractivity contribution is -0.167. The van der Waals surface area contributed by atoms with E-state index in [1.165, 1.54) is 225 Å². The van der Waals surface area contributed by atoms with Crippen LogP contribution in [0, 0.1) is 0 Å². The van der Waals surface area contributed by atoms with Crippen LogP contribution in [-0.2, 0) is 28.6 Å².